The molecule has 1 heterocycles. The number of hydrogen-bond acceptors (Lipinski definition) is 3. The fourth-order valence-electron chi connectivity index (χ4n) is 2.24. The first kappa shape index (κ1) is 14.3. The summed E-state index contributed by atoms with van der Waals surface area (Å²) in [6.45, 7) is 4.01. The van der Waals surface area contributed by atoms with Gasteiger partial charge in [-0.1, -0.05) is 18.2 Å². The number of aromatic amines is 1. The van der Waals surface area contributed by atoms with Crippen LogP contribution in [0, 0.1) is 0 Å². The van der Waals surface area contributed by atoms with Crippen LogP contribution in [-0.2, 0) is 16.0 Å². The molecule has 0 unspecified atom stereocenters. The first-order chi connectivity index (χ1) is 9.40. The van der Waals surface area contributed by atoms with E-state index in [1.807, 2.05) is 32.2 Å². The van der Waals surface area contributed by atoms with E-state index in [1.54, 1.807) is 6.08 Å². The van der Waals surface area contributed by atoms with Crippen LogP contribution >= 0.6 is 0 Å². The van der Waals surface area contributed by atoms with Gasteiger partial charge in [0.2, 0.25) is 0 Å². The summed E-state index contributed by atoms with van der Waals surface area (Å²) in [6.07, 6.45) is 5.94. The number of methoxy groups -OCH3 is 1. The van der Waals surface area contributed by atoms with E-state index >= 15 is 0 Å². The van der Waals surface area contributed by atoms with Gasteiger partial charge in [0.15, 0.2) is 0 Å². The minimum Gasteiger partial charge on any atom is -0.466 e. The SMILES string of the molecule is COC(=O)/C=C/c1cccc2c(CC(C)(C)N)c[nH]c12. The second-order valence-electron chi connectivity index (χ2n) is 5.61. The van der Waals surface area contributed by atoms with E-state index in [1.165, 1.54) is 18.7 Å². The van der Waals surface area contributed by atoms with Gasteiger partial charge in [-0.3, -0.25) is 0 Å². The van der Waals surface area contributed by atoms with Crippen molar-refractivity contribution in [3.63, 3.8) is 0 Å². The van der Waals surface area contributed by atoms with Gasteiger partial charge in [0.25, 0.3) is 0 Å². The number of H-pyrrole nitrogens is 1. The minimum absolute atomic E-state index is 0.257. The van der Waals surface area contributed by atoms with Gasteiger partial charge in [0.1, 0.15) is 0 Å². The van der Waals surface area contributed by atoms with E-state index in [2.05, 4.69) is 15.8 Å². The average molecular weight is 272 g/mol. The Morgan fingerprint density at radius 1 is 1.45 bits per heavy atom. The van der Waals surface area contributed by atoms with E-state index in [-0.39, 0.29) is 11.5 Å². The van der Waals surface area contributed by atoms with Crippen LogP contribution in [0.1, 0.15) is 25.0 Å². The molecule has 0 aliphatic heterocycles. The molecule has 3 N–H and O–H groups in total. The van der Waals surface area contributed by atoms with Gasteiger partial charge in [-0.15, -0.1) is 0 Å². The summed E-state index contributed by atoms with van der Waals surface area (Å²) in [5, 5.41) is 1.13. The quantitative estimate of drug-likeness (QED) is 0.664. The Hall–Kier alpha value is -2.07. The van der Waals surface area contributed by atoms with Crippen LogP contribution in [0.3, 0.4) is 0 Å². The lowest BCUT2D eigenvalue weighted by Gasteiger charge is -2.17. The molecular formula is C16H20N2O2. The smallest absolute Gasteiger partial charge is 0.330 e. The molecule has 0 radical (unpaired) electrons. The van der Waals surface area contributed by atoms with Crippen LogP contribution < -0.4 is 5.73 Å². The molecule has 0 fully saturated rings. The molecule has 4 nitrogen and oxygen atoms in total. The van der Waals surface area contributed by atoms with Crippen LogP contribution in [0.25, 0.3) is 17.0 Å². The summed E-state index contributed by atoms with van der Waals surface area (Å²) in [4.78, 5) is 14.4. The summed E-state index contributed by atoms with van der Waals surface area (Å²) in [5.41, 5.74) is 8.97. The Bertz CT molecular complexity index is 648. The summed E-state index contributed by atoms with van der Waals surface area (Å²) in [6, 6.07) is 5.98. The zero-order chi connectivity index (χ0) is 14.8. The molecule has 106 valence electrons. The van der Waals surface area contributed by atoms with Crippen LogP contribution in [0.4, 0.5) is 0 Å². The lowest BCUT2D eigenvalue weighted by atomic mass is 9.95. The Labute approximate surface area is 118 Å². The summed E-state index contributed by atoms with van der Waals surface area (Å²) in [7, 11) is 1.36. The number of carbonyl (C=O) groups excluding carboxylic acids is 1. The molecule has 20 heavy (non-hydrogen) atoms. The lowest BCUT2D eigenvalue weighted by Crippen LogP contribution is -2.34. The highest BCUT2D eigenvalue weighted by Gasteiger charge is 2.15. The minimum atomic E-state index is -0.364. The number of aromatic nitrogens is 1. The maximum Gasteiger partial charge on any atom is 0.330 e. The van der Waals surface area contributed by atoms with E-state index < -0.39 is 0 Å². The third-order valence-electron chi connectivity index (χ3n) is 3.08. The van der Waals surface area contributed by atoms with Gasteiger partial charge in [0, 0.05) is 23.2 Å². The highest BCUT2D eigenvalue weighted by molar-refractivity contribution is 5.94. The van der Waals surface area contributed by atoms with Crippen molar-refractivity contribution >= 4 is 22.9 Å². The molecule has 0 bridgehead atoms. The molecule has 0 amide bonds. The van der Waals surface area contributed by atoms with Gasteiger partial charge >= 0.3 is 5.97 Å². The zero-order valence-electron chi connectivity index (χ0n) is 12.1. The molecule has 0 atom stereocenters. The molecule has 0 aliphatic rings. The van der Waals surface area contributed by atoms with Crippen LogP contribution in [0.5, 0.6) is 0 Å². The predicted octanol–water partition coefficient (Wildman–Crippen LogP) is 2.63. The third kappa shape index (κ3) is 3.27. The van der Waals surface area contributed by atoms with E-state index in [4.69, 9.17) is 5.73 Å². The second-order valence-corrected chi connectivity index (χ2v) is 5.61. The standard InChI is InChI=1S/C16H20N2O2/c1-16(2,17)9-12-10-18-15-11(5-4-6-13(12)15)7-8-14(19)20-3/h4-8,10,18H,9,17H2,1-3H3/b8-7+. The molecule has 0 saturated heterocycles. The number of esters is 1. The summed E-state index contributed by atoms with van der Waals surface area (Å²) >= 11 is 0. The van der Waals surface area contributed by atoms with Gasteiger partial charge in [-0.2, -0.15) is 0 Å². The first-order valence-corrected chi connectivity index (χ1v) is 6.54. The van der Waals surface area contributed by atoms with Crippen LogP contribution in [0.15, 0.2) is 30.5 Å². The van der Waals surface area contributed by atoms with Gasteiger partial charge in [-0.05, 0) is 37.5 Å². The van der Waals surface area contributed by atoms with Crippen molar-refractivity contribution in [2.24, 2.45) is 5.73 Å². The predicted molar refractivity (Wildman–Crippen MR) is 81.3 cm³/mol. The Balaban J connectivity index is 2.40. The number of para-hydroxylation sites is 1. The van der Waals surface area contributed by atoms with Crippen molar-refractivity contribution in [2.45, 2.75) is 25.8 Å². The fourth-order valence-corrected chi connectivity index (χ4v) is 2.24. The number of ether oxygens (including phenoxy) is 1. The number of benzene rings is 1. The highest BCUT2D eigenvalue weighted by atomic mass is 16.5. The van der Waals surface area contributed by atoms with Crippen molar-refractivity contribution in [1.82, 2.24) is 4.98 Å². The molecule has 0 saturated carbocycles. The molecule has 1 aromatic carbocycles. The Morgan fingerprint density at radius 2 is 2.20 bits per heavy atom. The zero-order valence-corrected chi connectivity index (χ0v) is 12.1. The molecular weight excluding hydrogens is 252 g/mol. The van der Waals surface area contributed by atoms with Gasteiger partial charge in [-0.25, -0.2) is 4.79 Å². The highest BCUT2D eigenvalue weighted by Crippen LogP contribution is 2.25. The fraction of sp³-hybridized carbons (Fsp3) is 0.312. The molecule has 2 aromatic rings. The second kappa shape index (κ2) is 5.51. The molecule has 0 spiro atoms. The van der Waals surface area contributed by atoms with Crippen molar-refractivity contribution in [3.8, 4) is 0 Å². The molecule has 1 aromatic heterocycles. The first-order valence-electron chi connectivity index (χ1n) is 6.54. The Morgan fingerprint density at radius 3 is 2.85 bits per heavy atom. The third-order valence-corrected chi connectivity index (χ3v) is 3.08. The largest absolute Gasteiger partial charge is 0.466 e. The number of rotatable bonds is 4. The van der Waals surface area contributed by atoms with Crippen molar-refractivity contribution in [2.75, 3.05) is 7.11 Å². The Kier molecular flexibility index (Phi) is 3.95. The monoisotopic (exact) mass is 272 g/mol. The van der Waals surface area contributed by atoms with E-state index in [9.17, 15) is 4.79 Å². The average Bonchev–Trinajstić information content (AvgIpc) is 2.77. The number of carbonyl (C=O) groups is 1. The number of nitrogens with one attached hydrogen (secondary N) is 1. The molecule has 4 heteroatoms. The number of nitrogens with two attached hydrogens (primary N) is 1. The van der Waals surface area contributed by atoms with Crippen molar-refractivity contribution in [1.29, 1.82) is 0 Å². The van der Waals surface area contributed by atoms with Crippen LogP contribution in [0.2, 0.25) is 0 Å². The maximum absolute atomic E-state index is 11.2. The van der Waals surface area contributed by atoms with E-state index in [0.717, 1.165) is 22.9 Å². The lowest BCUT2D eigenvalue weighted by molar-refractivity contribution is -0.134. The molecule has 2 rings (SSSR count). The topological polar surface area (TPSA) is 68.1 Å². The van der Waals surface area contributed by atoms with Crippen molar-refractivity contribution < 1.29 is 9.53 Å². The van der Waals surface area contributed by atoms with Gasteiger partial charge in [0.05, 0.1) is 12.6 Å². The number of hydrogen-bond donors (Lipinski definition) is 2. The van der Waals surface area contributed by atoms with Gasteiger partial charge < -0.3 is 15.5 Å². The molecule has 0 aliphatic carbocycles. The van der Waals surface area contributed by atoms with Crippen LogP contribution in [-0.4, -0.2) is 23.6 Å². The maximum atomic E-state index is 11.2. The number of fused-ring (bicyclic) bond motifs is 1. The normalized spacial score (nSPS) is 12.2. The summed E-state index contributed by atoms with van der Waals surface area (Å²) < 4.78 is 4.60. The van der Waals surface area contributed by atoms with Crippen molar-refractivity contribution in [3.05, 3.63) is 41.6 Å². The van der Waals surface area contributed by atoms with E-state index in [0.29, 0.717) is 0 Å². The summed E-state index contributed by atoms with van der Waals surface area (Å²) in [5.74, 6) is -0.364.